The van der Waals surface area contributed by atoms with Crippen molar-refractivity contribution in [2.75, 3.05) is 7.11 Å². The summed E-state index contributed by atoms with van der Waals surface area (Å²) in [5.41, 5.74) is 1.32. The Labute approximate surface area is 151 Å². The summed E-state index contributed by atoms with van der Waals surface area (Å²) in [6, 6.07) is 12.2. The van der Waals surface area contributed by atoms with Gasteiger partial charge in [-0.15, -0.1) is 10.2 Å². The Kier molecular flexibility index (Phi) is 4.92. The first kappa shape index (κ1) is 16.6. The highest BCUT2D eigenvalue weighted by Gasteiger charge is 2.13. The molecule has 6 nitrogen and oxygen atoms in total. The van der Waals surface area contributed by atoms with Crippen LogP contribution in [-0.2, 0) is 6.54 Å². The number of carbonyl (C=O) groups is 1. The highest BCUT2D eigenvalue weighted by Crippen LogP contribution is 2.25. The molecular weight excluding hydrogens is 396 g/mol. The molecule has 0 aliphatic carbocycles. The second-order valence-electron chi connectivity index (χ2n) is 4.92. The zero-order valence-electron chi connectivity index (χ0n) is 12.6. The molecule has 0 radical (unpaired) electrons. The third kappa shape index (κ3) is 3.63. The second kappa shape index (κ2) is 7.11. The minimum Gasteiger partial charge on any atom is -0.496 e. The summed E-state index contributed by atoms with van der Waals surface area (Å²) in [6.45, 7) is -0.000636. The fourth-order valence-corrected chi connectivity index (χ4v) is 2.75. The van der Waals surface area contributed by atoms with Gasteiger partial charge in [-0.2, -0.15) is 4.80 Å². The standard InChI is InChI=1S/C16H12BrClN4O2/c1-24-15-7-4-11(8-13(15)17)14(23)9-22-20-16(19-21-22)10-2-5-12(18)6-3-10/h2-8H,9H2,1H3. The van der Waals surface area contributed by atoms with Gasteiger partial charge in [0.25, 0.3) is 0 Å². The first-order valence-corrected chi connectivity index (χ1v) is 8.14. The SMILES string of the molecule is COc1ccc(C(=O)Cn2nnc(-c3ccc(Cl)cc3)n2)cc1Br. The number of benzene rings is 2. The van der Waals surface area contributed by atoms with Crippen LogP contribution in [0.4, 0.5) is 0 Å². The molecule has 3 rings (SSSR count). The van der Waals surface area contributed by atoms with Gasteiger partial charge >= 0.3 is 0 Å². The Bertz CT molecular complexity index is 880. The normalized spacial score (nSPS) is 10.6. The van der Waals surface area contributed by atoms with Crippen LogP contribution in [0.3, 0.4) is 0 Å². The van der Waals surface area contributed by atoms with E-state index >= 15 is 0 Å². The molecule has 0 saturated carbocycles. The minimum atomic E-state index is -0.126. The van der Waals surface area contributed by atoms with Gasteiger partial charge in [-0.05, 0) is 63.6 Å². The van der Waals surface area contributed by atoms with Gasteiger partial charge in [0.1, 0.15) is 12.3 Å². The maximum atomic E-state index is 12.3. The second-order valence-corrected chi connectivity index (χ2v) is 6.21. The molecule has 0 aliphatic heterocycles. The van der Waals surface area contributed by atoms with E-state index in [0.717, 1.165) is 5.56 Å². The number of methoxy groups -OCH3 is 1. The maximum Gasteiger partial charge on any atom is 0.204 e. The molecule has 0 bridgehead atoms. The lowest BCUT2D eigenvalue weighted by Gasteiger charge is -2.05. The molecule has 0 saturated heterocycles. The summed E-state index contributed by atoms with van der Waals surface area (Å²) in [7, 11) is 1.57. The minimum absolute atomic E-state index is 0.000636. The number of hydrogen-bond acceptors (Lipinski definition) is 5. The van der Waals surface area contributed by atoms with Gasteiger partial charge in [0.15, 0.2) is 5.78 Å². The van der Waals surface area contributed by atoms with Gasteiger partial charge in [-0.25, -0.2) is 0 Å². The molecular formula is C16H12BrClN4O2. The van der Waals surface area contributed by atoms with Crippen LogP contribution in [0, 0.1) is 0 Å². The van der Waals surface area contributed by atoms with E-state index in [1.807, 2.05) is 0 Å². The van der Waals surface area contributed by atoms with Crippen molar-refractivity contribution in [2.45, 2.75) is 6.54 Å². The first-order valence-electron chi connectivity index (χ1n) is 6.97. The van der Waals surface area contributed by atoms with Crippen LogP contribution in [0.15, 0.2) is 46.9 Å². The summed E-state index contributed by atoms with van der Waals surface area (Å²) in [5, 5.41) is 12.7. The molecule has 24 heavy (non-hydrogen) atoms. The number of rotatable bonds is 5. The summed E-state index contributed by atoms with van der Waals surface area (Å²) in [4.78, 5) is 13.6. The maximum absolute atomic E-state index is 12.3. The van der Waals surface area contributed by atoms with Gasteiger partial charge in [-0.3, -0.25) is 4.79 Å². The number of Topliss-reactive ketones (excluding diaryl/α,β-unsaturated/α-hetero) is 1. The lowest BCUT2D eigenvalue weighted by Crippen LogP contribution is -2.13. The summed E-state index contributed by atoms with van der Waals surface area (Å²) >= 11 is 9.22. The first-order chi connectivity index (χ1) is 11.6. The number of carbonyl (C=O) groups excluding carboxylic acids is 1. The fourth-order valence-electron chi connectivity index (χ4n) is 2.08. The number of nitrogens with zero attached hydrogens (tertiary/aromatic N) is 4. The van der Waals surface area contributed by atoms with E-state index in [1.54, 1.807) is 49.6 Å². The molecule has 0 spiro atoms. The molecule has 1 aromatic heterocycles. The molecule has 1 heterocycles. The van der Waals surface area contributed by atoms with Crippen LogP contribution < -0.4 is 4.74 Å². The number of ether oxygens (including phenoxy) is 1. The van der Waals surface area contributed by atoms with Crippen LogP contribution in [0.25, 0.3) is 11.4 Å². The third-order valence-electron chi connectivity index (χ3n) is 3.31. The van der Waals surface area contributed by atoms with Crippen LogP contribution >= 0.6 is 27.5 Å². The van der Waals surface area contributed by atoms with E-state index in [9.17, 15) is 4.79 Å². The van der Waals surface area contributed by atoms with E-state index in [1.165, 1.54) is 4.80 Å². The lowest BCUT2D eigenvalue weighted by atomic mass is 10.1. The predicted molar refractivity (Wildman–Crippen MR) is 93.3 cm³/mol. The monoisotopic (exact) mass is 406 g/mol. The van der Waals surface area contributed by atoms with Crippen molar-refractivity contribution in [1.29, 1.82) is 0 Å². The van der Waals surface area contributed by atoms with Crippen LogP contribution in [0.5, 0.6) is 5.75 Å². The van der Waals surface area contributed by atoms with Crippen molar-refractivity contribution < 1.29 is 9.53 Å². The molecule has 8 heteroatoms. The Morgan fingerprint density at radius 2 is 2.00 bits per heavy atom. The average molecular weight is 408 g/mol. The Hall–Kier alpha value is -2.25. The highest BCUT2D eigenvalue weighted by atomic mass is 79.9. The van der Waals surface area contributed by atoms with Crippen molar-refractivity contribution in [3.05, 3.63) is 57.5 Å². The number of aromatic nitrogens is 4. The van der Waals surface area contributed by atoms with Crippen LogP contribution in [0.2, 0.25) is 5.02 Å². The van der Waals surface area contributed by atoms with Gasteiger partial charge in [0.2, 0.25) is 5.82 Å². The highest BCUT2D eigenvalue weighted by molar-refractivity contribution is 9.10. The molecule has 122 valence electrons. The number of halogens is 2. The smallest absolute Gasteiger partial charge is 0.204 e. The van der Waals surface area contributed by atoms with Gasteiger partial charge in [0, 0.05) is 16.1 Å². The van der Waals surface area contributed by atoms with Gasteiger partial charge < -0.3 is 4.74 Å². The summed E-state index contributed by atoms with van der Waals surface area (Å²) in [5.74, 6) is 0.976. The zero-order valence-corrected chi connectivity index (χ0v) is 15.0. The van der Waals surface area contributed by atoms with Gasteiger partial charge in [-0.1, -0.05) is 11.6 Å². The fraction of sp³-hybridized carbons (Fsp3) is 0.125. The molecule has 2 aromatic carbocycles. The van der Waals surface area contributed by atoms with Crippen LogP contribution in [0.1, 0.15) is 10.4 Å². The molecule has 0 N–H and O–H groups in total. The quantitative estimate of drug-likeness (QED) is 0.604. The molecule has 0 fully saturated rings. The predicted octanol–water partition coefficient (Wildman–Crippen LogP) is 3.65. The topological polar surface area (TPSA) is 69.9 Å². The van der Waals surface area contributed by atoms with Crippen molar-refractivity contribution in [2.24, 2.45) is 0 Å². The molecule has 3 aromatic rings. The number of ketones is 1. The molecule has 0 atom stereocenters. The van der Waals surface area contributed by atoms with E-state index in [2.05, 4.69) is 31.3 Å². The average Bonchev–Trinajstić information content (AvgIpc) is 3.04. The largest absolute Gasteiger partial charge is 0.496 e. The molecule has 0 amide bonds. The molecule has 0 aliphatic rings. The van der Waals surface area contributed by atoms with E-state index < -0.39 is 0 Å². The van der Waals surface area contributed by atoms with E-state index in [0.29, 0.717) is 26.6 Å². The Balaban J connectivity index is 1.75. The van der Waals surface area contributed by atoms with E-state index in [4.69, 9.17) is 16.3 Å². The van der Waals surface area contributed by atoms with Gasteiger partial charge in [0.05, 0.1) is 11.6 Å². The van der Waals surface area contributed by atoms with Crippen molar-refractivity contribution in [3.8, 4) is 17.1 Å². The summed E-state index contributed by atoms with van der Waals surface area (Å²) < 4.78 is 5.86. The zero-order chi connectivity index (χ0) is 17.1. The van der Waals surface area contributed by atoms with E-state index in [-0.39, 0.29) is 12.3 Å². The summed E-state index contributed by atoms with van der Waals surface area (Å²) in [6.07, 6.45) is 0. The number of tetrazole rings is 1. The molecule has 0 unspecified atom stereocenters. The Morgan fingerprint density at radius 3 is 2.67 bits per heavy atom. The van der Waals surface area contributed by atoms with Crippen molar-refractivity contribution >= 4 is 33.3 Å². The number of hydrogen-bond donors (Lipinski definition) is 0. The van der Waals surface area contributed by atoms with Crippen LogP contribution in [-0.4, -0.2) is 33.1 Å². The van der Waals surface area contributed by atoms with Crippen molar-refractivity contribution in [3.63, 3.8) is 0 Å². The lowest BCUT2D eigenvalue weighted by molar-refractivity contribution is 0.0961. The Morgan fingerprint density at radius 1 is 1.25 bits per heavy atom. The van der Waals surface area contributed by atoms with Crippen molar-refractivity contribution in [1.82, 2.24) is 20.2 Å². The third-order valence-corrected chi connectivity index (χ3v) is 4.19.